The molecular formula is C34H63FO6Si2. The molecule has 0 amide bonds. The van der Waals surface area contributed by atoms with Gasteiger partial charge in [-0.1, -0.05) is 66.5 Å². The highest BCUT2D eigenvalue weighted by Gasteiger charge is 2.59. The van der Waals surface area contributed by atoms with E-state index in [1.54, 1.807) is 7.11 Å². The zero-order valence-electron chi connectivity index (χ0n) is 29.4. The lowest BCUT2D eigenvalue weighted by Gasteiger charge is -2.41. The van der Waals surface area contributed by atoms with E-state index < -0.39 is 28.6 Å². The minimum Gasteiger partial charge on any atom is -0.469 e. The number of rotatable bonds is 13. The van der Waals surface area contributed by atoms with Crippen LogP contribution >= 0.6 is 0 Å². The van der Waals surface area contributed by atoms with Crippen LogP contribution in [0.15, 0.2) is 12.2 Å². The minimum absolute atomic E-state index is 0.0106. The van der Waals surface area contributed by atoms with E-state index in [0.29, 0.717) is 18.8 Å². The van der Waals surface area contributed by atoms with Gasteiger partial charge in [0.2, 0.25) is 0 Å². The molecule has 250 valence electrons. The van der Waals surface area contributed by atoms with Gasteiger partial charge in [0, 0.05) is 25.9 Å². The van der Waals surface area contributed by atoms with E-state index in [0.717, 1.165) is 6.42 Å². The molecule has 6 nitrogen and oxygen atoms in total. The summed E-state index contributed by atoms with van der Waals surface area (Å²) in [4.78, 5) is 11.6. The predicted molar refractivity (Wildman–Crippen MR) is 177 cm³/mol. The third-order valence-corrected chi connectivity index (χ3v) is 20.5. The van der Waals surface area contributed by atoms with Gasteiger partial charge in [-0.2, -0.15) is 0 Å². The molecule has 3 aliphatic rings. The number of ether oxygens (including phenoxy) is 3. The fraction of sp³-hybridized carbons (Fsp3) is 0.912. The van der Waals surface area contributed by atoms with Crippen LogP contribution in [-0.4, -0.2) is 67.1 Å². The van der Waals surface area contributed by atoms with Crippen molar-refractivity contribution in [2.75, 3.05) is 14.2 Å². The van der Waals surface area contributed by atoms with Crippen LogP contribution in [0.25, 0.3) is 0 Å². The van der Waals surface area contributed by atoms with Crippen LogP contribution in [0.5, 0.6) is 0 Å². The number of alkyl halides is 1. The molecule has 9 heteroatoms. The second kappa shape index (κ2) is 14.0. The van der Waals surface area contributed by atoms with Gasteiger partial charge in [0.05, 0.1) is 25.4 Å². The first-order chi connectivity index (χ1) is 19.8. The molecule has 2 saturated carbocycles. The van der Waals surface area contributed by atoms with Crippen LogP contribution in [0.3, 0.4) is 0 Å². The van der Waals surface area contributed by atoms with Crippen LogP contribution in [0.1, 0.15) is 99.3 Å². The molecule has 0 bridgehead atoms. The summed E-state index contributed by atoms with van der Waals surface area (Å²) in [5.41, 5.74) is 0. The normalized spacial score (nSPS) is 30.6. The SMILES string of the molecule is COC(=O)CCC[C@@H](F)[C@]1(OC)C[C@@H]2[C@@H](/C=C/[C@H](O[Si](C)(C)C(C)(C)C)C3CCCC3)[C@H](O[Si](C)(C)C(C)(C)C)C[C@@H]2O1. The fourth-order valence-corrected chi connectivity index (χ4v) is 9.28. The van der Waals surface area contributed by atoms with E-state index >= 15 is 4.39 Å². The van der Waals surface area contributed by atoms with Gasteiger partial charge in [0.15, 0.2) is 28.6 Å². The molecule has 0 aromatic rings. The highest BCUT2D eigenvalue weighted by Crippen LogP contribution is 2.53. The van der Waals surface area contributed by atoms with Crippen molar-refractivity contribution in [2.24, 2.45) is 17.8 Å². The first-order valence-corrected chi connectivity index (χ1v) is 22.6. The van der Waals surface area contributed by atoms with Crippen molar-refractivity contribution in [2.45, 2.75) is 166 Å². The number of hydrogen-bond acceptors (Lipinski definition) is 6. The van der Waals surface area contributed by atoms with Gasteiger partial charge in [-0.05, 0) is 80.2 Å². The molecule has 0 aromatic carbocycles. The number of fused-ring (bicyclic) bond motifs is 1. The molecule has 0 spiro atoms. The minimum atomic E-state index is -2.07. The zero-order chi connectivity index (χ0) is 32.4. The van der Waals surface area contributed by atoms with Gasteiger partial charge < -0.3 is 23.1 Å². The van der Waals surface area contributed by atoms with Crippen molar-refractivity contribution >= 4 is 22.6 Å². The zero-order valence-corrected chi connectivity index (χ0v) is 31.4. The summed E-state index contributed by atoms with van der Waals surface area (Å²) in [5.74, 6) is -0.921. The maximum absolute atomic E-state index is 15.8. The van der Waals surface area contributed by atoms with Crippen molar-refractivity contribution in [1.29, 1.82) is 0 Å². The lowest BCUT2D eigenvalue weighted by molar-refractivity contribution is -0.248. The number of carbonyl (C=O) groups excluding carboxylic acids is 1. The molecule has 0 radical (unpaired) electrons. The van der Waals surface area contributed by atoms with E-state index in [1.807, 2.05) is 0 Å². The molecule has 3 fully saturated rings. The Labute approximate surface area is 264 Å². The Morgan fingerprint density at radius 2 is 1.63 bits per heavy atom. The molecule has 0 aromatic heterocycles. The Balaban J connectivity index is 1.89. The lowest BCUT2D eigenvalue weighted by Crippen LogP contribution is -2.46. The quantitative estimate of drug-likeness (QED) is 0.114. The smallest absolute Gasteiger partial charge is 0.305 e. The number of hydrogen-bond donors (Lipinski definition) is 0. The van der Waals surface area contributed by atoms with E-state index in [1.165, 1.54) is 32.8 Å². The molecule has 2 aliphatic carbocycles. The van der Waals surface area contributed by atoms with Crippen LogP contribution in [0.2, 0.25) is 36.3 Å². The second-order valence-electron chi connectivity index (χ2n) is 16.5. The molecule has 1 saturated heterocycles. The number of esters is 1. The van der Waals surface area contributed by atoms with Crippen LogP contribution in [0.4, 0.5) is 4.39 Å². The molecule has 3 rings (SSSR count). The standard InChI is InChI=1S/C34H63FO6Si2/c1-32(2,3)42(9,10)40-27(24-16-13-14-17-24)21-20-25-26-23-34(38-8,30(35)18-15-19-31(36)37-7)39-28(26)22-29(25)41-43(11,12)33(4,5)6/h20-21,24-30H,13-19,22-23H2,1-12H3/b21-20+/t25-,26-,27+,28+,29-,30-,34+/m1/s1. The van der Waals surface area contributed by atoms with Crippen molar-refractivity contribution in [1.82, 2.24) is 0 Å². The van der Waals surface area contributed by atoms with E-state index in [2.05, 4.69) is 79.9 Å². The third-order valence-electron chi connectivity index (χ3n) is 11.5. The summed E-state index contributed by atoms with van der Waals surface area (Å²) in [5, 5.41) is 0.211. The first kappa shape index (κ1) is 36.9. The van der Waals surface area contributed by atoms with Gasteiger partial charge in [0.1, 0.15) is 0 Å². The molecule has 0 N–H and O–H groups in total. The average Bonchev–Trinajstić information content (AvgIpc) is 3.61. The van der Waals surface area contributed by atoms with Gasteiger partial charge in [-0.25, -0.2) is 4.39 Å². The average molecular weight is 643 g/mol. The van der Waals surface area contributed by atoms with E-state index in [4.69, 9.17) is 23.1 Å². The van der Waals surface area contributed by atoms with Crippen LogP contribution in [-0.2, 0) is 27.9 Å². The molecule has 0 unspecified atom stereocenters. The highest BCUT2D eigenvalue weighted by molar-refractivity contribution is 6.74. The predicted octanol–water partition coefficient (Wildman–Crippen LogP) is 8.96. The van der Waals surface area contributed by atoms with Crippen molar-refractivity contribution in [3.8, 4) is 0 Å². The molecule has 1 heterocycles. The molecule has 7 atom stereocenters. The molecule has 1 aliphatic heterocycles. The number of carbonyl (C=O) groups is 1. The number of methoxy groups -OCH3 is 2. The van der Waals surface area contributed by atoms with Crippen molar-refractivity contribution in [3.63, 3.8) is 0 Å². The fourth-order valence-electron chi connectivity index (χ4n) is 6.61. The van der Waals surface area contributed by atoms with Crippen molar-refractivity contribution in [3.05, 3.63) is 12.2 Å². The second-order valence-corrected chi connectivity index (χ2v) is 26.0. The molecular weight excluding hydrogens is 580 g/mol. The van der Waals surface area contributed by atoms with Gasteiger partial charge in [-0.15, -0.1) is 0 Å². The maximum Gasteiger partial charge on any atom is 0.305 e. The summed E-state index contributed by atoms with van der Waals surface area (Å²) in [7, 11) is -1.15. The Morgan fingerprint density at radius 1 is 1.02 bits per heavy atom. The first-order valence-electron chi connectivity index (χ1n) is 16.7. The maximum atomic E-state index is 15.8. The molecule has 43 heavy (non-hydrogen) atoms. The van der Waals surface area contributed by atoms with Gasteiger partial charge in [-0.3, -0.25) is 4.79 Å². The monoisotopic (exact) mass is 642 g/mol. The van der Waals surface area contributed by atoms with Crippen LogP contribution in [0, 0.1) is 17.8 Å². The van der Waals surface area contributed by atoms with Crippen LogP contribution < -0.4 is 0 Å². The topological polar surface area (TPSA) is 63.2 Å². The lowest BCUT2D eigenvalue weighted by atomic mass is 9.86. The van der Waals surface area contributed by atoms with Gasteiger partial charge in [0.25, 0.3) is 0 Å². The Hall–Kier alpha value is -0.586. The van der Waals surface area contributed by atoms with E-state index in [9.17, 15) is 4.79 Å². The summed E-state index contributed by atoms with van der Waals surface area (Å²) < 4.78 is 47.1. The summed E-state index contributed by atoms with van der Waals surface area (Å²) >= 11 is 0. The van der Waals surface area contributed by atoms with Crippen molar-refractivity contribution < 1.29 is 32.2 Å². The summed E-state index contributed by atoms with van der Waals surface area (Å²) in [6.07, 6.45) is 10.2. The third kappa shape index (κ3) is 8.62. The summed E-state index contributed by atoms with van der Waals surface area (Å²) in [6.45, 7) is 23.0. The van der Waals surface area contributed by atoms with E-state index in [-0.39, 0.29) is 59.0 Å². The Bertz CT molecular complexity index is 952. The van der Waals surface area contributed by atoms with Gasteiger partial charge >= 0.3 is 5.97 Å². The Morgan fingerprint density at radius 3 is 2.16 bits per heavy atom. The number of halogens is 1. The highest BCUT2D eigenvalue weighted by atomic mass is 28.4. The largest absolute Gasteiger partial charge is 0.469 e. The summed E-state index contributed by atoms with van der Waals surface area (Å²) in [6, 6.07) is 0. The Kier molecular flexibility index (Phi) is 12.0.